The minimum Gasteiger partial charge on any atom is -0.479 e. The molecule has 1 heterocycles. The summed E-state index contributed by atoms with van der Waals surface area (Å²) in [5, 5.41) is 15.5. The molecule has 1 aromatic heterocycles. The van der Waals surface area contributed by atoms with E-state index in [0.717, 1.165) is 4.68 Å². The van der Waals surface area contributed by atoms with E-state index >= 15 is 0 Å². The van der Waals surface area contributed by atoms with Crippen molar-refractivity contribution in [3.05, 3.63) is 63.0 Å². The van der Waals surface area contributed by atoms with Gasteiger partial charge in [-0.15, -0.1) is 0 Å². The highest BCUT2D eigenvalue weighted by atomic mass is 35.5. The Morgan fingerprint density at radius 2 is 1.97 bits per heavy atom. The van der Waals surface area contributed by atoms with E-state index in [4.69, 9.17) is 16.7 Å². The third-order valence-corrected chi connectivity index (χ3v) is 4.68. The van der Waals surface area contributed by atoms with Gasteiger partial charge in [0.25, 0.3) is 5.56 Å². The molecule has 0 radical (unpaired) electrons. The fourth-order valence-electron chi connectivity index (χ4n) is 2.78. The molecule has 0 fully saturated rings. The molecule has 8 nitrogen and oxygen atoms in total. The molecule has 10 heteroatoms. The summed E-state index contributed by atoms with van der Waals surface area (Å²) in [4.78, 5) is 48.0. The predicted molar refractivity (Wildman–Crippen MR) is 103 cm³/mol. The second-order valence-electron chi connectivity index (χ2n) is 6.18. The van der Waals surface area contributed by atoms with Crippen LogP contribution in [0.5, 0.6) is 0 Å². The zero-order valence-corrected chi connectivity index (χ0v) is 16.2. The second kappa shape index (κ2) is 9.92. The highest BCUT2D eigenvalue weighted by Crippen LogP contribution is 2.18. The molecule has 0 aliphatic rings. The number of carbonyl (C=O) groups excluding carboxylic acids is 2. The normalized spacial score (nSPS) is 12.8. The van der Waals surface area contributed by atoms with Crippen LogP contribution >= 0.6 is 11.6 Å². The molecule has 2 rings (SSSR count). The summed E-state index contributed by atoms with van der Waals surface area (Å²) in [5.74, 6) is -4.88. The number of hydrogen-bond acceptors (Lipinski definition) is 5. The number of nitrogens with zero attached hydrogens (tertiary/aromatic N) is 2. The molecule has 2 aromatic rings. The van der Waals surface area contributed by atoms with E-state index in [1.807, 2.05) is 5.32 Å². The molecule has 1 amide bonds. The maximum Gasteiger partial charge on any atom is 0.334 e. The largest absolute Gasteiger partial charge is 0.479 e. The average molecular weight is 424 g/mol. The van der Waals surface area contributed by atoms with Crippen LogP contribution in [0.4, 0.5) is 4.39 Å². The summed E-state index contributed by atoms with van der Waals surface area (Å²) in [6.45, 7) is 0.158. The first-order valence-corrected chi connectivity index (χ1v) is 9.09. The lowest BCUT2D eigenvalue weighted by molar-refractivity contribution is -0.146. The van der Waals surface area contributed by atoms with Crippen LogP contribution in [0.3, 0.4) is 0 Å². The summed E-state index contributed by atoms with van der Waals surface area (Å²) in [7, 11) is 0. The number of nitrogens with one attached hydrogen (secondary N) is 1. The summed E-state index contributed by atoms with van der Waals surface area (Å²) in [6.07, 6.45) is 1.48. The van der Waals surface area contributed by atoms with E-state index in [1.54, 1.807) is 31.2 Å². The number of aromatic nitrogens is 2. The molecule has 154 valence electrons. The molecule has 0 bridgehead atoms. The number of halogens is 2. The number of aliphatic carboxylic acids is 1. The van der Waals surface area contributed by atoms with Gasteiger partial charge in [0, 0.05) is 16.8 Å². The quantitative estimate of drug-likeness (QED) is 0.591. The zero-order valence-electron chi connectivity index (χ0n) is 15.5. The van der Waals surface area contributed by atoms with Gasteiger partial charge < -0.3 is 10.4 Å². The van der Waals surface area contributed by atoms with Crippen molar-refractivity contribution in [3.63, 3.8) is 0 Å². The van der Waals surface area contributed by atoms with Crippen molar-refractivity contribution in [3.8, 4) is 0 Å². The van der Waals surface area contributed by atoms with Crippen molar-refractivity contribution in [2.24, 2.45) is 0 Å². The van der Waals surface area contributed by atoms with Gasteiger partial charge in [-0.25, -0.2) is 13.9 Å². The van der Waals surface area contributed by atoms with Crippen LogP contribution in [0.25, 0.3) is 0 Å². The van der Waals surface area contributed by atoms with Crippen LogP contribution in [-0.2, 0) is 20.9 Å². The minimum atomic E-state index is -2.02. The van der Waals surface area contributed by atoms with Gasteiger partial charge >= 0.3 is 5.97 Å². The van der Waals surface area contributed by atoms with E-state index in [1.165, 1.54) is 12.3 Å². The molecule has 0 aliphatic carbocycles. The summed E-state index contributed by atoms with van der Waals surface area (Å²) in [5.41, 5.74) is 0.167. The number of Topliss-reactive ketones (excluding diaryl/α,β-unsaturated/α-hetero) is 1. The van der Waals surface area contributed by atoms with Crippen LogP contribution in [0.2, 0.25) is 5.02 Å². The standard InChI is InChI=1S/C19H19ClFN3O5/c1-2-12(17(26)23-16(19(28)29)15(25)9-21)13-7-8-22-24(18(13)27)10-11-5-3-4-6-14(11)20/h3-8,12,16H,2,9-10H2,1H3,(H,23,26)(H,28,29). The monoisotopic (exact) mass is 423 g/mol. The van der Waals surface area contributed by atoms with Crippen LogP contribution in [-0.4, -0.2) is 45.3 Å². The number of amides is 1. The molecular formula is C19H19ClFN3O5. The number of alkyl halides is 1. The van der Waals surface area contributed by atoms with Crippen molar-refractivity contribution >= 4 is 29.3 Å². The number of carboxylic acids is 1. The summed E-state index contributed by atoms with van der Waals surface area (Å²) in [6, 6.07) is 6.23. The van der Waals surface area contributed by atoms with E-state index in [-0.39, 0.29) is 18.5 Å². The van der Waals surface area contributed by atoms with Gasteiger partial charge in [0.2, 0.25) is 5.91 Å². The van der Waals surface area contributed by atoms with Crippen molar-refractivity contribution < 1.29 is 23.9 Å². The van der Waals surface area contributed by atoms with Gasteiger partial charge in [0.1, 0.15) is 0 Å². The molecule has 0 saturated heterocycles. The highest BCUT2D eigenvalue weighted by Gasteiger charge is 2.31. The Kier molecular flexibility index (Phi) is 7.60. The molecule has 1 aromatic carbocycles. The number of carboxylic acid groups (broad SMARTS) is 1. The molecule has 0 spiro atoms. The van der Waals surface area contributed by atoms with Gasteiger partial charge in [0.15, 0.2) is 18.5 Å². The summed E-state index contributed by atoms with van der Waals surface area (Å²) < 4.78 is 13.7. The first-order chi connectivity index (χ1) is 13.8. The van der Waals surface area contributed by atoms with E-state index in [0.29, 0.717) is 10.6 Å². The molecular weight excluding hydrogens is 405 g/mol. The van der Waals surface area contributed by atoms with Gasteiger partial charge in [-0.05, 0) is 24.1 Å². The topological polar surface area (TPSA) is 118 Å². The van der Waals surface area contributed by atoms with E-state index < -0.39 is 41.9 Å². The SMILES string of the molecule is CCC(C(=O)NC(C(=O)O)C(=O)CF)c1ccnn(Cc2ccccc2Cl)c1=O. The number of benzene rings is 1. The smallest absolute Gasteiger partial charge is 0.334 e. The number of hydrogen-bond donors (Lipinski definition) is 2. The fourth-order valence-corrected chi connectivity index (χ4v) is 2.97. The lowest BCUT2D eigenvalue weighted by Gasteiger charge is -2.18. The maximum atomic E-state index is 12.8. The second-order valence-corrected chi connectivity index (χ2v) is 6.59. The lowest BCUT2D eigenvalue weighted by atomic mass is 9.96. The van der Waals surface area contributed by atoms with Gasteiger partial charge in [-0.2, -0.15) is 5.10 Å². The van der Waals surface area contributed by atoms with E-state index in [2.05, 4.69) is 5.10 Å². The first kappa shape index (κ1) is 22.2. The third kappa shape index (κ3) is 5.26. The molecule has 29 heavy (non-hydrogen) atoms. The molecule has 2 N–H and O–H groups in total. The Balaban J connectivity index is 2.32. The first-order valence-electron chi connectivity index (χ1n) is 8.71. The van der Waals surface area contributed by atoms with Crippen LogP contribution in [0.15, 0.2) is 41.3 Å². The number of carbonyl (C=O) groups is 3. The van der Waals surface area contributed by atoms with Gasteiger partial charge in [-0.1, -0.05) is 36.7 Å². The third-order valence-electron chi connectivity index (χ3n) is 4.31. The van der Waals surface area contributed by atoms with Crippen LogP contribution in [0.1, 0.15) is 30.4 Å². The van der Waals surface area contributed by atoms with Crippen LogP contribution in [0, 0.1) is 0 Å². The molecule has 2 unspecified atom stereocenters. The number of ketones is 1. The Labute approximate surface area is 170 Å². The Hall–Kier alpha value is -3.07. The lowest BCUT2D eigenvalue weighted by Crippen LogP contribution is -2.49. The maximum absolute atomic E-state index is 12.8. The van der Waals surface area contributed by atoms with Gasteiger partial charge in [-0.3, -0.25) is 14.4 Å². The molecule has 0 saturated carbocycles. The molecule has 0 aliphatic heterocycles. The Morgan fingerprint density at radius 1 is 1.28 bits per heavy atom. The van der Waals surface area contributed by atoms with Crippen molar-refractivity contribution in [2.75, 3.05) is 6.67 Å². The van der Waals surface area contributed by atoms with Crippen LogP contribution < -0.4 is 10.9 Å². The summed E-state index contributed by atoms with van der Waals surface area (Å²) >= 11 is 6.11. The fraction of sp³-hybridized carbons (Fsp3) is 0.316. The minimum absolute atomic E-state index is 0.0719. The predicted octanol–water partition coefficient (Wildman–Crippen LogP) is 1.55. The van der Waals surface area contributed by atoms with E-state index in [9.17, 15) is 23.6 Å². The van der Waals surface area contributed by atoms with Crippen molar-refractivity contribution in [1.82, 2.24) is 15.1 Å². The van der Waals surface area contributed by atoms with Crippen molar-refractivity contribution in [2.45, 2.75) is 31.8 Å². The highest BCUT2D eigenvalue weighted by molar-refractivity contribution is 6.31. The zero-order chi connectivity index (χ0) is 21.6. The Bertz CT molecular complexity index is 978. The van der Waals surface area contributed by atoms with Crippen molar-refractivity contribution in [1.29, 1.82) is 0 Å². The number of rotatable bonds is 9. The molecule has 2 atom stereocenters. The average Bonchev–Trinajstić information content (AvgIpc) is 2.70. The van der Waals surface area contributed by atoms with Gasteiger partial charge in [0.05, 0.1) is 12.5 Å². The Morgan fingerprint density at radius 3 is 2.55 bits per heavy atom.